The van der Waals surface area contributed by atoms with Gasteiger partial charge in [0.2, 0.25) is 10.0 Å². The first-order valence-corrected chi connectivity index (χ1v) is 6.50. The van der Waals surface area contributed by atoms with E-state index in [0.29, 0.717) is 17.9 Å². The highest BCUT2D eigenvalue weighted by Crippen LogP contribution is 2.06. The summed E-state index contributed by atoms with van der Waals surface area (Å²) in [5.41, 5.74) is 0.372. The number of hydrogen-bond acceptors (Lipinski definition) is 4. The van der Waals surface area contributed by atoms with E-state index >= 15 is 0 Å². The molecule has 1 heterocycles. The van der Waals surface area contributed by atoms with Gasteiger partial charge in [0.25, 0.3) is 0 Å². The topological polar surface area (TPSA) is 72.2 Å². The van der Waals surface area contributed by atoms with Crippen LogP contribution in [0.5, 0.6) is 0 Å². The van der Waals surface area contributed by atoms with Gasteiger partial charge in [-0.05, 0) is 13.3 Å². The van der Waals surface area contributed by atoms with Crippen LogP contribution in [0.25, 0.3) is 0 Å². The molecule has 0 spiro atoms. The van der Waals surface area contributed by atoms with Gasteiger partial charge in [0.1, 0.15) is 17.2 Å². The SMILES string of the molecule is C#CC(CC)NS(=O)(=O)Cc1cc(C)on1. The number of sulfonamides is 1. The molecule has 5 nitrogen and oxygen atoms in total. The Bertz CT molecular complexity index is 484. The molecule has 1 aromatic heterocycles. The lowest BCUT2D eigenvalue weighted by Crippen LogP contribution is -2.34. The molecule has 1 N–H and O–H groups in total. The highest BCUT2D eigenvalue weighted by molar-refractivity contribution is 7.88. The third-order valence-electron chi connectivity index (χ3n) is 1.95. The third kappa shape index (κ3) is 3.68. The van der Waals surface area contributed by atoms with Crippen molar-refractivity contribution in [3.05, 3.63) is 17.5 Å². The fourth-order valence-corrected chi connectivity index (χ4v) is 2.45. The van der Waals surface area contributed by atoms with Crippen molar-refractivity contribution in [3.8, 4) is 12.3 Å². The maximum atomic E-state index is 11.6. The zero-order chi connectivity index (χ0) is 12.2. The number of terminal acetylenes is 1. The zero-order valence-corrected chi connectivity index (χ0v) is 10.0. The first-order valence-electron chi connectivity index (χ1n) is 4.85. The van der Waals surface area contributed by atoms with E-state index in [9.17, 15) is 8.42 Å². The van der Waals surface area contributed by atoms with Crippen LogP contribution >= 0.6 is 0 Å². The van der Waals surface area contributed by atoms with Gasteiger partial charge in [-0.3, -0.25) is 0 Å². The Labute approximate surface area is 95.3 Å². The van der Waals surface area contributed by atoms with E-state index in [1.807, 2.05) is 6.92 Å². The number of rotatable bonds is 5. The van der Waals surface area contributed by atoms with E-state index in [0.717, 1.165) is 0 Å². The predicted octanol–water partition coefficient (Wildman–Crippen LogP) is 0.814. The largest absolute Gasteiger partial charge is 0.361 e. The lowest BCUT2D eigenvalue weighted by molar-refractivity contribution is 0.392. The van der Waals surface area contributed by atoms with Crippen LogP contribution in [0, 0.1) is 19.3 Å². The Morgan fingerprint density at radius 2 is 2.38 bits per heavy atom. The van der Waals surface area contributed by atoms with Gasteiger partial charge in [0.05, 0.1) is 6.04 Å². The Balaban J connectivity index is 2.69. The van der Waals surface area contributed by atoms with Crippen LogP contribution < -0.4 is 4.72 Å². The minimum absolute atomic E-state index is 0.220. The van der Waals surface area contributed by atoms with Crippen LogP contribution in [0.3, 0.4) is 0 Å². The average molecular weight is 242 g/mol. The summed E-state index contributed by atoms with van der Waals surface area (Å²) in [5, 5.41) is 3.61. The molecular formula is C10H14N2O3S. The zero-order valence-electron chi connectivity index (χ0n) is 9.23. The molecule has 0 saturated carbocycles. The molecule has 0 radical (unpaired) electrons. The van der Waals surface area contributed by atoms with Crippen molar-refractivity contribution >= 4 is 10.0 Å². The monoisotopic (exact) mass is 242 g/mol. The molecule has 88 valence electrons. The van der Waals surface area contributed by atoms with Crippen molar-refractivity contribution in [2.45, 2.75) is 32.1 Å². The summed E-state index contributed by atoms with van der Waals surface area (Å²) in [6.45, 7) is 3.51. The third-order valence-corrected chi connectivity index (χ3v) is 3.27. The Kier molecular flexibility index (Phi) is 4.10. The van der Waals surface area contributed by atoms with E-state index in [2.05, 4.69) is 15.8 Å². The second kappa shape index (κ2) is 5.14. The number of hydrogen-bond donors (Lipinski definition) is 1. The van der Waals surface area contributed by atoms with Crippen molar-refractivity contribution in [3.63, 3.8) is 0 Å². The number of nitrogens with zero attached hydrogens (tertiary/aromatic N) is 1. The summed E-state index contributed by atoms with van der Waals surface area (Å²) in [6.07, 6.45) is 5.73. The molecule has 0 saturated heterocycles. The molecule has 1 unspecified atom stereocenters. The van der Waals surface area contributed by atoms with Crippen LogP contribution in [0.1, 0.15) is 24.8 Å². The summed E-state index contributed by atoms with van der Waals surface area (Å²) >= 11 is 0. The maximum Gasteiger partial charge on any atom is 0.218 e. The summed E-state index contributed by atoms with van der Waals surface area (Å²) in [7, 11) is -3.46. The standard InChI is InChI=1S/C10H14N2O3S/c1-4-9(5-2)12-16(13,14)7-10-6-8(3)15-11-10/h1,6,9,12H,5,7H2,2-3H3. The van der Waals surface area contributed by atoms with Gasteiger partial charge in [-0.1, -0.05) is 18.0 Å². The van der Waals surface area contributed by atoms with Crippen molar-refractivity contribution in [2.75, 3.05) is 0 Å². The van der Waals surface area contributed by atoms with Crippen molar-refractivity contribution in [1.29, 1.82) is 0 Å². The summed E-state index contributed by atoms with van der Waals surface area (Å²) in [5.74, 6) is 2.72. The molecule has 0 aliphatic rings. The normalized spacial score (nSPS) is 13.3. The molecule has 0 amide bonds. The molecule has 16 heavy (non-hydrogen) atoms. The summed E-state index contributed by atoms with van der Waals surface area (Å²) in [4.78, 5) is 0. The minimum Gasteiger partial charge on any atom is -0.361 e. The van der Waals surface area contributed by atoms with E-state index < -0.39 is 16.1 Å². The van der Waals surface area contributed by atoms with Gasteiger partial charge in [-0.15, -0.1) is 6.42 Å². The Hall–Kier alpha value is -1.32. The molecule has 0 bridgehead atoms. The molecule has 6 heteroatoms. The molecule has 1 atom stereocenters. The fourth-order valence-electron chi connectivity index (χ4n) is 1.17. The molecule has 0 fully saturated rings. The van der Waals surface area contributed by atoms with Gasteiger partial charge < -0.3 is 4.52 Å². The molecule has 0 aromatic carbocycles. The van der Waals surface area contributed by atoms with Crippen molar-refractivity contribution in [2.24, 2.45) is 0 Å². The van der Waals surface area contributed by atoms with Gasteiger partial charge >= 0.3 is 0 Å². The van der Waals surface area contributed by atoms with Gasteiger partial charge in [0, 0.05) is 6.07 Å². The van der Waals surface area contributed by atoms with Crippen LogP contribution in [0.4, 0.5) is 0 Å². The Morgan fingerprint density at radius 3 is 2.81 bits per heavy atom. The number of nitrogens with one attached hydrogen (secondary N) is 1. The molecule has 0 aliphatic carbocycles. The predicted molar refractivity (Wildman–Crippen MR) is 59.9 cm³/mol. The number of aromatic nitrogens is 1. The van der Waals surface area contributed by atoms with Gasteiger partial charge in [-0.25, -0.2) is 13.1 Å². The smallest absolute Gasteiger partial charge is 0.218 e. The van der Waals surface area contributed by atoms with Gasteiger partial charge in [0.15, 0.2) is 0 Å². The summed E-state index contributed by atoms with van der Waals surface area (Å²) in [6, 6.07) is 1.11. The van der Waals surface area contributed by atoms with Crippen LogP contribution in [-0.4, -0.2) is 19.6 Å². The van der Waals surface area contributed by atoms with E-state index in [1.54, 1.807) is 13.0 Å². The first kappa shape index (κ1) is 12.7. The van der Waals surface area contributed by atoms with Crippen molar-refractivity contribution < 1.29 is 12.9 Å². The van der Waals surface area contributed by atoms with E-state index in [1.165, 1.54) is 0 Å². The fraction of sp³-hybridized carbons (Fsp3) is 0.500. The second-order valence-corrected chi connectivity index (χ2v) is 5.19. The lowest BCUT2D eigenvalue weighted by atomic mass is 10.3. The molecule has 1 rings (SSSR count). The van der Waals surface area contributed by atoms with E-state index in [-0.39, 0.29) is 5.75 Å². The van der Waals surface area contributed by atoms with Crippen molar-refractivity contribution in [1.82, 2.24) is 9.88 Å². The minimum atomic E-state index is -3.46. The van der Waals surface area contributed by atoms with Gasteiger partial charge in [-0.2, -0.15) is 0 Å². The highest BCUT2D eigenvalue weighted by Gasteiger charge is 2.17. The first-order chi connectivity index (χ1) is 7.46. The van der Waals surface area contributed by atoms with Crippen LogP contribution in [0.2, 0.25) is 0 Å². The Morgan fingerprint density at radius 1 is 1.69 bits per heavy atom. The molecular weight excluding hydrogens is 228 g/mol. The molecule has 1 aromatic rings. The highest BCUT2D eigenvalue weighted by atomic mass is 32.2. The van der Waals surface area contributed by atoms with Crippen LogP contribution in [0.15, 0.2) is 10.6 Å². The average Bonchev–Trinajstić information content (AvgIpc) is 2.59. The van der Waals surface area contributed by atoms with Crippen LogP contribution in [-0.2, 0) is 15.8 Å². The number of aryl methyl sites for hydroxylation is 1. The maximum absolute atomic E-state index is 11.6. The second-order valence-electron chi connectivity index (χ2n) is 3.43. The quantitative estimate of drug-likeness (QED) is 0.776. The lowest BCUT2D eigenvalue weighted by Gasteiger charge is -2.09. The van der Waals surface area contributed by atoms with E-state index in [4.69, 9.17) is 10.9 Å². The summed E-state index contributed by atoms with van der Waals surface area (Å²) < 4.78 is 30.5. The molecule has 0 aliphatic heterocycles.